The summed E-state index contributed by atoms with van der Waals surface area (Å²) in [5.74, 6) is -2.85. The molecule has 0 N–H and O–H groups in total. The first-order valence-electron chi connectivity index (χ1n) is 5.45. The maximum Gasteiger partial charge on any atom is 0.455 e. The van der Waals surface area contributed by atoms with Gasteiger partial charge in [-0.15, -0.1) is 11.8 Å². The molecule has 0 aromatic carbocycles. The van der Waals surface area contributed by atoms with Crippen LogP contribution in [0.4, 0.5) is 13.2 Å². The predicted octanol–water partition coefficient (Wildman–Crippen LogP) is 3.10. The minimum atomic E-state index is -5.07. The fourth-order valence-corrected chi connectivity index (χ4v) is 1.87. The second-order valence-corrected chi connectivity index (χ2v) is 4.28. The molecule has 0 heterocycles. The Morgan fingerprint density at radius 3 is 2.33 bits per heavy atom. The number of hydrogen-bond donors (Lipinski definition) is 0. The van der Waals surface area contributed by atoms with Crippen LogP contribution >= 0.6 is 11.8 Å². The van der Waals surface area contributed by atoms with Gasteiger partial charge in [0.15, 0.2) is 0 Å². The number of halogens is 3. The number of ketones is 1. The summed E-state index contributed by atoms with van der Waals surface area (Å²) in [7, 11) is 0. The van der Waals surface area contributed by atoms with Crippen molar-refractivity contribution in [3.8, 4) is 0 Å². The summed E-state index contributed by atoms with van der Waals surface area (Å²) in [6, 6.07) is 0. The van der Waals surface area contributed by atoms with Crippen LogP contribution < -0.4 is 0 Å². The van der Waals surface area contributed by atoms with Crippen LogP contribution in [0.2, 0.25) is 0 Å². The predicted molar refractivity (Wildman–Crippen MR) is 63.1 cm³/mol. The zero-order chi connectivity index (χ0) is 14.2. The highest BCUT2D eigenvalue weighted by atomic mass is 32.2. The smallest absolute Gasteiger partial charge is 0.455 e. The molecule has 0 spiro atoms. The average molecular weight is 284 g/mol. The van der Waals surface area contributed by atoms with Gasteiger partial charge >= 0.3 is 12.1 Å². The van der Waals surface area contributed by atoms with Crippen LogP contribution in [0.3, 0.4) is 0 Å². The number of carbonyl (C=O) groups is 2. The van der Waals surface area contributed by atoms with Crippen molar-refractivity contribution in [2.75, 3.05) is 12.4 Å². The summed E-state index contributed by atoms with van der Waals surface area (Å²) in [5.41, 5.74) is -0.953. The van der Waals surface area contributed by atoms with Crippen molar-refractivity contribution in [3.05, 3.63) is 11.0 Å². The molecule has 0 radical (unpaired) electrons. The standard InChI is InChI=1S/C11H15F3O3S/c1-3-5-6-18-7-8(10(16)17-4-2)9(15)11(12,13)14/h7H,3-6H2,1-2H3. The molecule has 18 heavy (non-hydrogen) atoms. The molecular formula is C11H15F3O3S. The van der Waals surface area contributed by atoms with Crippen LogP contribution in [0.1, 0.15) is 26.7 Å². The van der Waals surface area contributed by atoms with Crippen molar-refractivity contribution in [3.63, 3.8) is 0 Å². The van der Waals surface area contributed by atoms with Crippen LogP contribution in [0.5, 0.6) is 0 Å². The number of hydrogen-bond acceptors (Lipinski definition) is 4. The van der Waals surface area contributed by atoms with Gasteiger partial charge in [0.25, 0.3) is 5.78 Å². The number of ether oxygens (including phenoxy) is 1. The van der Waals surface area contributed by atoms with Crippen LogP contribution in [0, 0.1) is 0 Å². The summed E-state index contributed by atoms with van der Waals surface area (Å²) in [6.07, 6.45) is -3.40. The second-order valence-electron chi connectivity index (χ2n) is 3.30. The lowest BCUT2D eigenvalue weighted by atomic mass is 10.2. The van der Waals surface area contributed by atoms with E-state index in [2.05, 4.69) is 4.74 Å². The lowest BCUT2D eigenvalue weighted by molar-refractivity contribution is -0.168. The number of unbranched alkanes of at least 4 members (excludes halogenated alkanes) is 1. The maximum atomic E-state index is 12.3. The van der Waals surface area contributed by atoms with E-state index in [9.17, 15) is 22.8 Å². The van der Waals surface area contributed by atoms with Crippen molar-refractivity contribution in [1.82, 2.24) is 0 Å². The van der Waals surface area contributed by atoms with Crippen LogP contribution in [-0.2, 0) is 14.3 Å². The fourth-order valence-electron chi connectivity index (χ4n) is 0.926. The molecule has 3 nitrogen and oxygen atoms in total. The highest BCUT2D eigenvalue weighted by Crippen LogP contribution is 2.23. The molecule has 0 saturated carbocycles. The van der Waals surface area contributed by atoms with E-state index >= 15 is 0 Å². The molecule has 0 amide bonds. The summed E-state index contributed by atoms with van der Waals surface area (Å²) >= 11 is 1.00. The van der Waals surface area contributed by atoms with E-state index in [-0.39, 0.29) is 6.61 Å². The lowest BCUT2D eigenvalue weighted by Gasteiger charge is -2.08. The molecule has 104 valence electrons. The van der Waals surface area contributed by atoms with Crippen molar-refractivity contribution in [2.24, 2.45) is 0 Å². The van der Waals surface area contributed by atoms with Gasteiger partial charge in [0.1, 0.15) is 5.57 Å². The summed E-state index contributed by atoms with van der Waals surface area (Å²) < 4.78 is 41.2. The van der Waals surface area contributed by atoms with Gasteiger partial charge in [-0.25, -0.2) is 4.79 Å². The van der Waals surface area contributed by atoms with Gasteiger partial charge < -0.3 is 4.74 Å². The first-order valence-corrected chi connectivity index (χ1v) is 6.49. The van der Waals surface area contributed by atoms with Gasteiger partial charge in [0, 0.05) is 0 Å². The molecular weight excluding hydrogens is 269 g/mol. The van der Waals surface area contributed by atoms with Gasteiger partial charge in [-0.3, -0.25) is 4.79 Å². The molecule has 0 unspecified atom stereocenters. The molecule has 0 aliphatic heterocycles. The average Bonchev–Trinajstić information content (AvgIpc) is 2.27. The molecule has 0 fully saturated rings. The first kappa shape index (κ1) is 17.0. The van der Waals surface area contributed by atoms with E-state index in [0.29, 0.717) is 5.75 Å². The third-order valence-electron chi connectivity index (χ3n) is 1.81. The quantitative estimate of drug-likeness (QED) is 0.237. The van der Waals surface area contributed by atoms with Crippen LogP contribution in [-0.4, -0.2) is 30.3 Å². The maximum absolute atomic E-state index is 12.3. The Morgan fingerprint density at radius 2 is 1.89 bits per heavy atom. The zero-order valence-electron chi connectivity index (χ0n) is 10.2. The second kappa shape index (κ2) is 8.18. The largest absolute Gasteiger partial charge is 0.462 e. The Bertz CT molecular complexity index is 324. The number of carbonyl (C=O) groups excluding carboxylic acids is 2. The van der Waals surface area contributed by atoms with Gasteiger partial charge in [-0.2, -0.15) is 13.2 Å². The molecule has 0 saturated heterocycles. The van der Waals surface area contributed by atoms with E-state index in [1.165, 1.54) is 6.92 Å². The van der Waals surface area contributed by atoms with E-state index < -0.39 is 23.5 Å². The van der Waals surface area contributed by atoms with Gasteiger partial charge in [-0.05, 0) is 24.5 Å². The molecule has 7 heteroatoms. The van der Waals surface area contributed by atoms with Crippen molar-refractivity contribution in [1.29, 1.82) is 0 Å². The Balaban J connectivity index is 4.83. The normalized spacial score (nSPS) is 12.4. The Kier molecular flexibility index (Phi) is 7.73. The Morgan fingerprint density at radius 1 is 1.28 bits per heavy atom. The summed E-state index contributed by atoms with van der Waals surface area (Å²) in [6.45, 7) is 3.30. The summed E-state index contributed by atoms with van der Waals surface area (Å²) in [4.78, 5) is 22.3. The third kappa shape index (κ3) is 6.09. The van der Waals surface area contributed by atoms with E-state index in [1.54, 1.807) is 0 Å². The number of alkyl halides is 3. The van der Waals surface area contributed by atoms with Crippen molar-refractivity contribution >= 4 is 23.5 Å². The van der Waals surface area contributed by atoms with Gasteiger partial charge in [-0.1, -0.05) is 13.3 Å². The number of rotatable bonds is 7. The Labute approximate surface area is 108 Å². The van der Waals surface area contributed by atoms with Crippen LogP contribution in [0.25, 0.3) is 0 Å². The molecule has 0 rings (SSSR count). The fraction of sp³-hybridized carbons (Fsp3) is 0.636. The molecule has 0 aromatic rings. The molecule has 0 aliphatic rings. The summed E-state index contributed by atoms with van der Waals surface area (Å²) in [5, 5.41) is 0.934. The lowest BCUT2D eigenvalue weighted by Crippen LogP contribution is -2.29. The highest BCUT2D eigenvalue weighted by Gasteiger charge is 2.43. The number of thioether (sulfide) groups is 1. The van der Waals surface area contributed by atoms with Crippen LogP contribution in [0.15, 0.2) is 11.0 Å². The third-order valence-corrected chi connectivity index (χ3v) is 2.74. The Hall–Kier alpha value is -0.980. The molecule has 0 bridgehead atoms. The van der Waals surface area contributed by atoms with Gasteiger partial charge in [0.2, 0.25) is 0 Å². The first-order chi connectivity index (χ1) is 8.34. The highest BCUT2D eigenvalue weighted by molar-refractivity contribution is 8.02. The number of Topliss-reactive ketones (excluding diaryl/α,β-unsaturated/α-hetero) is 1. The van der Waals surface area contributed by atoms with E-state index in [1.807, 2.05) is 6.92 Å². The number of esters is 1. The minimum Gasteiger partial charge on any atom is -0.462 e. The minimum absolute atomic E-state index is 0.0824. The SMILES string of the molecule is CCCCSC=C(C(=O)OCC)C(=O)C(F)(F)F. The molecule has 0 aliphatic carbocycles. The topological polar surface area (TPSA) is 43.4 Å². The molecule has 0 atom stereocenters. The van der Waals surface area contributed by atoms with E-state index in [0.717, 1.165) is 30.0 Å². The molecule has 0 aromatic heterocycles. The van der Waals surface area contributed by atoms with Crippen molar-refractivity contribution < 1.29 is 27.5 Å². The van der Waals surface area contributed by atoms with Crippen molar-refractivity contribution in [2.45, 2.75) is 32.9 Å². The monoisotopic (exact) mass is 284 g/mol. The zero-order valence-corrected chi connectivity index (χ0v) is 11.0. The van der Waals surface area contributed by atoms with Gasteiger partial charge in [0.05, 0.1) is 6.61 Å². The van der Waals surface area contributed by atoms with E-state index in [4.69, 9.17) is 0 Å².